The average molecular weight is 396 g/mol. The van der Waals surface area contributed by atoms with E-state index in [1.165, 1.54) is 24.4 Å². The van der Waals surface area contributed by atoms with Crippen LogP contribution in [0.15, 0.2) is 52.4 Å². The number of carbonyl (C=O) groups is 2. The van der Waals surface area contributed by atoms with Crippen LogP contribution >= 0.6 is 11.8 Å². The van der Waals surface area contributed by atoms with Crippen molar-refractivity contribution in [1.82, 2.24) is 5.32 Å². The van der Waals surface area contributed by atoms with Crippen LogP contribution in [0, 0.1) is 13.8 Å². The standard InChI is InChI=1S/C21H20N2O4S/c1-13-7-8-16(9-14(13)2)22-21-23-20(25)18(28-21)11-15-5-4-6-17(10-15)27-12-19(24)26-3/h4-11H,12H2,1-3H3,(H,22,23,25)/b18-11-. The van der Waals surface area contributed by atoms with Gasteiger partial charge in [-0.3, -0.25) is 4.79 Å². The first-order valence-electron chi connectivity index (χ1n) is 8.61. The van der Waals surface area contributed by atoms with E-state index in [9.17, 15) is 9.59 Å². The largest absolute Gasteiger partial charge is 0.482 e. The molecule has 1 fully saturated rings. The van der Waals surface area contributed by atoms with Crippen molar-refractivity contribution >= 4 is 40.6 Å². The van der Waals surface area contributed by atoms with E-state index >= 15 is 0 Å². The monoisotopic (exact) mass is 396 g/mol. The van der Waals surface area contributed by atoms with Crippen LogP contribution in [0.4, 0.5) is 5.69 Å². The summed E-state index contributed by atoms with van der Waals surface area (Å²) in [5, 5.41) is 3.32. The lowest BCUT2D eigenvalue weighted by atomic mass is 10.1. The minimum Gasteiger partial charge on any atom is -0.482 e. The Morgan fingerprint density at radius 2 is 2.00 bits per heavy atom. The first kappa shape index (κ1) is 19.7. The number of amidine groups is 1. The van der Waals surface area contributed by atoms with Gasteiger partial charge in [-0.15, -0.1) is 0 Å². The number of esters is 1. The van der Waals surface area contributed by atoms with E-state index in [0.29, 0.717) is 15.8 Å². The van der Waals surface area contributed by atoms with Crippen molar-refractivity contribution in [3.05, 3.63) is 64.1 Å². The summed E-state index contributed by atoms with van der Waals surface area (Å²) >= 11 is 1.28. The van der Waals surface area contributed by atoms with Crippen LogP contribution in [-0.2, 0) is 14.3 Å². The number of aliphatic imine (C=N–C) groups is 1. The van der Waals surface area contributed by atoms with Crippen LogP contribution in [0.25, 0.3) is 6.08 Å². The molecule has 144 valence electrons. The zero-order chi connectivity index (χ0) is 20.1. The van der Waals surface area contributed by atoms with Gasteiger partial charge < -0.3 is 14.8 Å². The SMILES string of the molecule is COC(=O)COc1cccc(/C=C2\SC(=Nc3ccc(C)c(C)c3)NC2=O)c1. The van der Waals surface area contributed by atoms with Crippen LogP contribution < -0.4 is 10.1 Å². The third-order valence-corrected chi connectivity index (χ3v) is 5.02. The molecule has 1 aliphatic heterocycles. The summed E-state index contributed by atoms with van der Waals surface area (Å²) in [7, 11) is 1.31. The Labute approximate surface area is 167 Å². The maximum atomic E-state index is 12.3. The molecule has 6 nitrogen and oxygen atoms in total. The molecule has 0 aliphatic carbocycles. The molecular formula is C21H20N2O4S. The minimum absolute atomic E-state index is 0.168. The predicted octanol–water partition coefficient (Wildman–Crippen LogP) is 3.75. The van der Waals surface area contributed by atoms with Gasteiger partial charge in [0.05, 0.1) is 17.7 Å². The molecule has 2 aromatic rings. The topological polar surface area (TPSA) is 77.0 Å². The van der Waals surface area contributed by atoms with Crippen molar-refractivity contribution in [2.75, 3.05) is 13.7 Å². The molecule has 1 heterocycles. The summed E-state index contributed by atoms with van der Waals surface area (Å²) < 4.78 is 9.93. The van der Waals surface area contributed by atoms with Gasteiger partial charge in [0.1, 0.15) is 5.75 Å². The van der Waals surface area contributed by atoms with Crippen LogP contribution in [0.5, 0.6) is 5.75 Å². The van der Waals surface area contributed by atoms with Crippen molar-refractivity contribution in [3.8, 4) is 5.75 Å². The van der Waals surface area contributed by atoms with Gasteiger partial charge in [0, 0.05) is 0 Å². The third kappa shape index (κ3) is 5.01. The van der Waals surface area contributed by atoms with E-state index in [1.54, 1.807) is 24.3 Å². The molecule has 0 unspecified atom stereocenters. The number of carbonyl (C=O) groups excluding carboxylic acids is 2. The van der Waals surface area contributed by atoms with Crippen molar-refractivity contribution in [2.24, 2.45) is 4.99 Å². The molecule has 3 rings (SSSR count). The Morgan fingerprint density at radius 3 is 2.75 bits per heavy atom. The third-order valence-electron chi connectivity index (χ3n) is 4.11. The smallest absolute Gasteiger partial charge is 0.343 e. The van der Waals surface area contributed by atoms with Gasteiger partial charge in [0.25, 0.3) is 5.91 Å². The highest BCUT2D eigenvalue weighted by Gasteiger charge is 2.23. The Hall–Kier alpha value is -3.06. The Kier molecular flexibility index (Phi) is 6.16. The summed E-state index contributed by atoms with van der Waals surface area (Å²) in [6, 6.07) is 13.0. The van der Waals surface area contributed by atoms with Crippen LogP contribution in [-0.4, -0.2) is 30.8 Å². The summed E-state index contributed by atoms with van der Waals surface area (Å²) in [5.74, 6) is -0.137. The number of nitrogens with zero attached hydrogens (tertiary/aromatic N) is 1. The van der Waals surface area contributed by atoms with Crippen molar-refractivity contribution in [1.29, 1.82) is 0 Å². The molecule has 0 atom stereocenters. The molecule has 7 heteroatoms. The first-order chi connectivity index (χ1) is 13.4. The molecule has 0 aromatic heterocycles. The second-order valence-corrected chi connectivity index (χ2v) is 7.22. The highest BCUT2D eigenvalue weighted by Crippen LogP contribution is 2.29. The fourth-order valence-electron chi connectivity index (χ4n) is 2.44. The average Bonchev–Trinajstić information content (AvgIpc) is 3.02. The fourth-order valence-corrected chi connectivity index (χ4v) is 3.28. The van der Waals surface area contributed by atoms with Gasteiger partial charge in [-0.25, -0.2) is 9.79 Å². The van der Waals surface area contributed by atoms with Crippen molar-refractivity contribution in [2.45, 2.75) is 13.8 Å². The molecule has 1 amide bonds. The number of methoxy groups -OCH3 is 1. The summed E-state index contributed by atoms with van der Waals surface area (Å²) in [5.41, 5.74) is 3.93. The van der Waals surface area contributed by atoms with Gasteiger partial charge in [0.2, 0.25) is 0 Å². The van der Waals surface area contributed by atoms with E-state index in [1.807, 2.05) is 38.1 Å². The van der Waals surface area contributed by atoms with Gasteiger partial charge in [-0.1, -0.05) is 18.2 Å². The molecule has 0 bridgehead atoms. The quantitative estimate of drug-likeness (QED) is 0.615. The number of benzene rings is 2. The van der Waals surface area contributed by atoms with Crippen molar-refractivity contribution in [3.63, 3.8) is 0 Å². The Bertz CT molecular complexity index is 982. The van der Waals surface area contributed by atoms with E-state index in [4.69, 9.17) is 4.74 Å². The van der Waals surface area contributed by atoms with Crippen LogP contribution in [0.1, 0.15) is 16.7 Å². The normalized spacial score (nSPS) is 16.3. The van der Waals surface area contributed by atoms with Gasteiger partial charge in [-0.05, 0) is 72.6 Å². The van der Waals surface area contributed by atoms with Gasteiger partial charge in [0.15, 0.2) is 11.8 Å². The molecule has 28 heavy (non-hydrogen) atoms. The number of ether oxygens (including phenoxy) is 2. The number of thioether (sulfide) groups is 1. The molecule has 0 radical (unpaired) electrons. The van der Waals surface area contributed by atoms with E-state index in [-0.39, 0.29) is 12.5 Å². The number of amides is 1. The van der Waals surface area contributed by atoms with E-state index in [0.717, 1.165) is 16.8 Å². The molecule has 0 saturated carbocycles. The highest BCUT2D eigenvalue weighted by molar-refractivity contribution is 8.18. The minimum atomic E-state index is -0.457. The first-order valence-corrected chi connectivity index (χ1v) is 9.43. The number of rotatable bonds is 5. The maximum Gasteiger partial charge on any atom is 0.343 e. The predicted molar refractivity (Wildman–Crippen MR) is 111 cm³/mol. The van der Waals surface area contributed by atoms with E-state index in [2.05, 4.69) is 15.0 Å². The lowest BCUT2D eigenvalue weighted by molar-refractivity contribution is -0.142. The summed E-state index contributed by atoms with van der Waals surface area (Å²) in [6.07, 6.45) is 1.76. The molecule has 1 N–H and O–H groups in total. The Morgan fingerprint density at radius 1 is 1.18 bits per heavy atom. The van der Waals surface area contributed by atoms with Gasteiger partial charge >= 0.3 is 5.97 Å². The number of nitrogens with one attached hydrogen (secondary N) is 1. The molecule has 1 aliphatic rings. The lowest BCUT2D eigenvalue weighted by Crippen LogP contribution is -2.19. The summed E-state index contributed by atoms with van der Waals surface area (Å²) in [4.78, 5) is 28.5. The maximum absolute atomic E-state index is 12.3. The Balaban J connectivity index is 1.74. The highest BCUT2D eigenvalue weighted by atomic mass is 32.2. The molecule has 0 spiro atoms. The summed E-state index contributed by atoms with van der Waals surface area (Å²) in [6.45, 7) is 3.90. The number of aryl methyl sites for hydroxylation is 2. The van der Waals surface area contributed by atoms with Gasteiger partial charge in [-0.2, -0.15) is 0 Å². The molecule has 2 aromatic carbocycles. The second kappa shape index (κ2) is 8.75. The second-order valence-electron chi connectivity index (χ2n) is 6.19. The molecular weight excluding hydrogens is 376 g/mol. The van der Waals surface area contributed by atoms with Crippen LogP contribution in [0.2, 0.25) is 0 Å². The van der Waals surface area contributed by atoms with E-state index < -0.39 is 5.97 Å². The number of hydrogen-bond donors (Lipinski definition) is 1. The lowest BCUT2D eigenvalue weighted by Gasteiger charge is -2.05. The zero-order valence-corrected chi connectivity index (χ0v) is 16.6. The molecule has 1 saturated heterocycles. The fraction of sp³-hybridized carbons (Fsp3) is 0.190. The van der Waals surface area contributed by atoms with Crippen molar-refractivity contribution < 1.29 is 19.1 Å². The van der Waals surface area contributed by atoms with Crippen LogP contribution in [0.3, 0.4) is 0 Å². The number of hydrogen-bond acceptors (Lipinski definition) is 6. The zero-order valence-electron chi connectivity index (χ0n) is 15.8.